The van der Waals surface area contributed by atoms with Crippen molar-refractivity contribution in [3.63, 3.8) is 0 Å². The Kier molecular flexibility index (Phi) is 4.86. The maximum Gasteiger partial charge on any atom is 0.251 e. The van der Waals surface area contributed by atoms with Gasteiger partial charge in [0.15, 0.2) is 0 Å². The summed E-state index contributed by atoms with van der Waals surface area (Å²) in [6, 6.07) is 15.7. The number of piperazine rings is 1. The van der Waals surface area contributed by atoms with Crippen molar-refractivity contribution in [2.75, 3.05) is 6.54 Å². The number of aryl methyl sites for hydroxylation is 1. The maximum absolute atomic E-state index is 12.9. The molecular formula is C22H23N3O3. The van der Waals surface area contributed by atoms with Crippen molar-refractivity contribution < 1.29 is 14.4 Å². The lowest BCUT2D eigenvalue weighted by molar-refractivity contribution is -0.147. The van der Waals surface area contributed by atoms with Gasteiger partial charge in [-0.15, -0.1) is 0 Å². The van der Waals surface area contributed by atoms with Crippen LogP contribution in [-0.2, 0) is 16.0 Å². The molecular weight excluding hydrogens is 354 g/mol. The highest BCUT2D eigenvalue weighted by atomic mass is 16.2. The number of nitrogens with one attached hydrogen (secondary N) is 2. The van der Waals surface area contributed by atoms with E-state index < -0.39 is 12.1 Å². The zero-order valence-electron chi connectivity index (χ0n) is 15.7. The Hall–Kier alpha value is -3.15. The summed E-state index contributed by atoms with van der Waals surface area (Å²) in [7, 11) is 0. The third-order valence-electron chi connectivity index (χ3n) is 5.43. The first-order valence-corrected chi connectivity index (χ1v) is 9.53. The van der Waals surface area contributed by atoms with Crippen LogP contribution in [0.1, 0.15) is 27.9 Å². The Morgan fingerprint density at radius 2 is 1.82 bits per heavy atom. The average Bonchev–Trinajstić information content (AvgIpc) is 3.12. The molecule has 0 aliphatic carbocycles. The molecule has 0 saturated carbocycles. The van der Waals surface area contributed by atoms with Gasteiger partial charge in [0.1, 0.15) is 12.1 Å². The molecule has 144 valence electrons. The first kappa shape index (κ1) is 18.2. The van der Waals surface area contributed by atoms with Gasteiger partial charge in [0, 0.05) is 24.6 Å². The van der Waals surface area contributed by atoms with Crippen LogP contribution in [0.2, 0.25) is 0 Å². The summed E-state index contributed by atoms with van der Waals surface area (Å²) in [4.78, 5) is 39.5. The molecule has 2 N–H and O–H groups in total. The summed E-state index contributed by atoms with van der Waals surface area (Å²) in [5, 5.41) is 5.82. The van der Waals surface area contributed by atoms with E-state index in [2.05, 4.69) is 10.6 Å². The van der Waals surface area contributed by atoms with Crippen LogP contribution in [0.15, 0.2) is 54.6 Å². The summed E-state index contributed by atoms with van der Waals surface area (Å²) >= 11 is 0. The lowest BCUT2D eigenvalue weighted by atomic mass is 10.0. The SMILES string of the molecule is Cc1ccc(C(=O)N[C@H]2C[C@H]3C(=O)N[C@H](Cc4ccccc4)C(=O)N3C2)cc1. The van der Waals surface area contributed by atoms with Crippen molar-refractivity contribution in [2.24, 2.45) is 0 Å². The fourth-order valence-corrected chi connectivity index (χ4v) is 3.92. The first-order valence-electron chi connectivity index (χ1n) is 9.53. The fraction of sp³-hybridized carbons (Fsp3) is 0.318. The summed E-state index contributed by atoms with van der Waals surface area (Å²) in [6.45, 7) is 2.33. The molecule has 0 bridgehead atoms. The lowest BCUT2D eigenvalue weighted by Crippen LogP contribution is -2.61. The van der Waals surface area contributed by atoms with Crippen LogP contribution >= 0.6 is 0 Å². The summed E-state index contributed by atoms with van der Waals surface area (Å²) in [5.74, 6) is -0.410. The van der Waals surface area contributed by atoms with Crippen LogP contribution < -0.4 is 10.6 Å². The molecule has 3 amide bonds. The fourth-order valence-electron chi connectivity index (χ4n) is 3.92. The van der Waals surface area contributed by atoms with E-state index in [1.807, 2.05) is 49.4 Å². The van der Waals surface area contributed by atoms with Gasteiger partial charge in [0.25, 0.3) is 5.91 Å². The van der Waals surface area contributed by atoms with Gasteiger partial charge < -0.3 is 15.5 Å². The molecule has 2 aliphatic rings. The number of rotatable bonds is 4. The normalized spacial score (nSPS) is 23.9. The van der Waals surface area contributed by atoms with Gasteiger partial charge in [-0.2, -0.15) is 0 Å². The van der Waals surface area contributed by atoms with Crippen LogP contribution in [-0.4, -0.2) is 47.3 Å². The van der Waals surface area contributed by atoms with Crippen LogP contribution in [0.5, 0.6) is 0 Å². The number of nitrogens with zero attached hydrogens (tertiary/aromatic N) is 1. The highest BCUT2D eigenvalue weighted by molar-refractivity contribution is 5.98. The molecule has 2 fully saturated rings. The largest absolute Gasteiger partial charge is 0.347 e. The predicted octanol–water partition coefficient (Wildman–Crippen LogP) is 1.44. The Morgan fingerprint density at radius 3 is 2.54 bits per heavy atom. The van der Waals surface area contributed by atoms with Gasteiger partial charge in [-0.1, -0.05) is 48.0 Å². The third kappa shape index (κ3) is 3.63. The number of benzene rings is 2. The van der Waals surface area contributed by atoms with Crippen molar-refractivity contribution in [1.29, 1.82) is 0 Å². The van der Waals surface area contributed by atoms with Crippen LogP contribution in [0.25, 0.3) is 0 Å². The van der Waals surface area contributed by atoms with E-state index in [4.69, 9.17) is 0 Å². The Bertz CT molecular complexity index is 895. The van der Waals surface area contributed by atoms with Crippen LogP contribution in [0.4, 0.5) is 0 Å². The van der Waals surface area contributed by atoms with E-state index >= 15 is 0 Å². The zero-order chi connectivity index (χ0) is 19.7. The lowest BCUT2D eigenvalue weighted by Gasteiger charge is -2.34. The van der Waals surface area contributed by atoms with Crippen molar-refractivity contribution in [3.05, 3.63) is 71.3 Å². The van der Waals surface area contributed by atoms with E-state index in [0.29, 0.717) is 24.9 Å². The molecule has 0 aromatic heterocycles. The van der Waals surface area contributed by atoms with Crippen molar-refractivity contribution in [3.8, 4) is 0 Å². The summed E-state index contributed by atoms with van der Waals surface area (Å²) in [5.41, 5.74) is 2.66. The van der Waals surface area contributed by atoms with Crippen molar-refractivity contribution in [1.82, 2.24) is 15.5 Å². The van der Waals surface area contributed by atoms with Gasteiger partial charge in [0.05, 0.1) is 0 Å². The van der Waals surface area contributed by atoms with Gasteiger partial charge in [-0.05, 0) is 31.0 Å². The number of carbonyl (C=O) groups excluding carboxylic acids is 3. The number of hydrogen-bond donors (Lipinski definition) is 2. The second kappa shape index (κ2) is 7.46. The van der Waals surface area contributed by atoms with E-state index in [9.17, 15) is 14.4 Å². The Morgan fingerprint density at radius 1 is 1.11 bits per heavy atom. The third-order valence-corrected chi connectivity index (χ3v) is 5.43. The molecule has 2 heterocycles. The topological polar surface area (TPSA) is 78.5 Å². The number of carbonyl (C=O) groups is 3. The molecule has 0 spiro atoms. The predicted molar refractivity (Wildman–Crippen MR) is 105 cm³/mol. The molecule has 4 rings (SSSR count). The Balaban J connectivity index is 1.42. The van der Waals surface area contributed by atoms with E-state index in [1.54, 1.807) is 17.0 Å². The van der Waals surface area contributed by atoms with Gasteiger partial charge >= 0.3 is 0 Å². The Labute approximate surface area is 163 Å². The maximum atomic E-state index is 12.9. The molecule has 6 nitrogen and oxygen atoms in total. The zero-order valence-corrected chi connectivity index (χ0v) is 15.7. The quantitative estimate of drug-likeness (QED) is 0.846. The molecule has 2 saturated heterocycles. The van der Waals surface area contributed by atoms with Gasteiger partial charge in [0.2, 0.25) is 11.8 Å². The average molecular weight is 377 g/mol. The minimum Gasteiger partial charge on any atom is -0.347 e. The highest BCUT2D eigenvalue weighted by Crippen LogP contribution is 2.24. The highest BCUT2D eigenvalue weighted by Gasteiger charge is 2.46. The van der Waals surface area contributed by atoms with Gasteiger partial charge in [-0.25, -0.2) is 0 Å². The van der Waals surface area contributed by atoms with Crippen molar-refractivity contribution >= 4 is 17.7 Å². The molecule has 28 heavy (non-hydrogen) atoms. The summed E-state index contributed by atoms with van der Waals surface area (Å²) < 4.78 is 0. The van der Waals surface area contributed by atoms with Gasteiger partial charge in [-0.3, -0.25) is 14.4 Å². The van der Waals surface area contributed by atoms with E-state index in [0.717, 1.165) is 11.1 Å². The molecule has 3 atom stereocenters. The van der Waals surface area contributed by atoms with Crippen LogP contribution in [0.3, 0.4) is 0 Å². The second-order valence-corrected chi connectivity index (χ2v) is 7.53. The molecule has 0 radical (unpaired) electrons. The van der Waals surface area contributed by atoms with E-state index in [1.165, 1.54) is 0 Å². The first-order chi connectivity index (χ1) is 13.5. The van der Waals surface area contributed by atoms with Crippen LogP contribution in [0, 0.1) is 6.92 Å². The standard InChI is InChI=1S/C22H23N3O3/c1-14-7-9-16(10-8-14)20(26)23-17-12-19-21(27)24-18(22(28)25(19)13-17)11-15-5-3-2-4-6-15/h2-10,17-19H,11-13H2,1H3,(H,23,26)(H,24,27)/t17-,18+,19-/m0/s1. The second-order valence-electron chi connectivity index (χ2n) is 7.53. The van der Waals surface area contributed by atoms with E-state index in [-0.39, 0.29) is 23.8 Å². The number of hydrogen-bond acceptors (Lipinski definition) is 3. The molecule has 2 aliphatic heterocycles. The minimum atomic E-state index is -0.558. The molecule has 2 aromatic rings. The number of fused-ring (bicyclic) bond motifs is 1. The summed E-state index contributed by atoms with van der Waals surface area (Å²) in [6.07, 6.45) is 0.905. The molecule has 6 heteroatoms. The smallest absolute Gasteiger partial charge is 0.251 e. The number of amides is 3. The molecule has 2 aromatic carbocycles. The molecule has 0 unspecified atom stereocenters. The van der Waals surface area contributed by atoms with Crippen molar-refractivity contribution in [2.45, 2.75) is 37.9 Å². The minimum absolute atomic E-state index is 0.0828. The monoisotopic (exact) mass is 377 g/mol.